The van der Waals surface area contributed by atoms with Gasteiger partial charge in [-0.15, -0.1) is 0 Å². The minimum atomic E-state index is 0.539. The number of benzene rings is 1. The molecule has 0 saturated carbocycles. The largest absolute Gasteiger partial charge is 0.497 e. The highest BCUT2D eigenvalue weighted by Gasteiger charge is 2.07. The highest BCUT2D eigenvalue weighted by molar-refractivity contribution is 7.99. The monoisotopic (exact) mass is 239 g/mol. The minimum Gasteiger partial charge on any atom is -0.497 e. The van der Waals surface area contributed by atoms with Gasteiger partial charge in [0.05, 0.1) is 7.11 Å². The second kappa shape index (κ2) is 7.58. The van der Waals surface area contributed by atoms with E-state index < -0.39 is 0 Å². The van der Waals surface area contributed by atoms with Crippen molar-refractivity contribution >= 4 is 11.8 Å². The lowest BCUT2D eigenvalue weighted by molar-refractivity contribution is 0.414. The zero-order chi connectivity index (χ0) is 11.8. The van der Waals surface area contributed by atoms with Crippen LogP contribution in [-0.2, 0) is 6.42 Å². The minimum absolute atomic E-state index is 0.539. The Hall–Kier alpha value is -0.670. The van der Waals surface area contributed by atoms with E-state index in [4.69, 9.17) is 4.74 Å². The molecule has 1 aromatic rings. The van der Waals surface area contributed by atoms with Crippen molar-refractivity contribution in [2.24, 2.45) is 0 Å². The molecule has 0 aliphatic heterocycles. The summed E-state index contributed by atoms with van der Waals surface area (Å²) in [4.78, 5) is 0. The molecule has 1 N–H and O–H groups in total. The molecule has 0 fully saturated rings. The van der Waals surface area contributed by atoms with Crippen LogP contribution in [0.1, 0.15) is 12.5 Å². The second-order valence-corrected chi connectivity index (χ2v) is 5.02. The number of nitrogens with one attached hydrogen (secondary N) is 1. The van der Waals surface area contributed by atoms with Crippen molar-refractivity contribution in [3.8, 4) is 5.75 Å². The average Bonchev–Trinajstić information content (AvgIpc) is 2.34. The standard InChI is InChI=1S/C13H21NOS/c1-4-16-10-12(14-2)8-11-6-5-7-13(9-11)15-3/h5-7,9,12,14H,4,8,10H2,1-3H3. The average molecular weight is 239 g/mol. The van der Waals surface area contributed by atoms with Gasteiger partial charge in [0.1, 0.15) is 5.75 Å². The fraction of sp³-hybridized carbons (Fsp3) is 0.538. The first-order chi connectivity index (χ1) is 7.80. The van der Waals surface area contributed by atoms with Crippen LogP contribution in [0.3, 0.4) is 0 Å². The number of methoxy groups -OCH3 is 1. The fourth-order valence-electron chi connectivity index (χ4n) is 1.59. The lowest BCUT2D eigenvalue weighted by Crippen LogP contribution is -2.30. The van der Waals surface area contributed by atoms with Gasteiger partial charge in [-0.05, 0) is 36.9 Å². The molecule has 0 aromatic heterocycles. The predicted octanol–water partition coefficient (Wildman–Crippen LogP) is 2.58. The molecular weight excluding hydrogens is 218 g/mol. The van der Waals surface area contributed by atoms with E-state index in [9.17, 15) is 0 Å². The lowest BCUT2D eigenvalue weighted by atomic mass is 10.1. The first-order valence-electron chi connectivity index (χ1n) is 5.68. The van der Waals surface area contributed by atoms with E-state index in [1.54, 1.807) is 7.11 Å². The summed E-state index contributed by atoms with van der Waals surface area (Å²) in [7, 11) is 3.74. The number of hydrogen-bond acceptors (Lipinski definition) is 3. The number of hydrogen-bond donors (Lipinski definition) is 1. The van der Waals surface area contributed by atoms with Crippen LogP contribution in [0, 0.1) is 0 Å². The van der Waals surface area contributed by atoms with Crippen molar-refractivity contribution in [2.75, 3.05) is 25.7 Å². The molecule has 16 heavy (non-hydrogen) atoms. The van der Waals surface area contributed by atoms with Crippen LogP contribution in [0.2, 0.25) is 0 Å². The Bertz CT molecular complexity index is 304. The van der Waals surface area contributed by atoms with Crippen LogP contribution >= 0.6 is 11.8 Å². The van der Waals surface area contributed by atoms with Crippen LogP contribution in [0.5, 0.6) is 5.75 Å². The summed E-state index contributed by atoms with van der Waals surface area (Å²) >= 11 is 1.98. The Morgan fingerprint density at radius 2 is 2.25 bits per heavy atom. The molecule has 0 aliphatic rings. The summed E-state index contributed by atoms with van der Waals surface area (Å²) in [6, 6.07) is 8.84. The Kier molecular flexibility index (Phi) is 6.34. The number of likely N-dealkylation sites (N-methyl/N-ethyl adjacent to an activating group) is 1. The van der Waals surface area contributed by atoms with E-state index in [0.717, 1.165) is 17.9 Å². The maximum Gasteiger partial charge on any atom is 0.119 e. The van der Waals surface area contributed by atoms with E-state index in [1.807, 2.05) is 30.9 Å². The maximum atomic E-state index is 5.23. The summed E-state index contributed by atoms with van der Waals surface area (Å²) in [6.07, 6.45) is 1.06. The number of ether oxygens (including phenoxy) is 1. The van der Waals surface area contributed by atoms with Gasteiger partial charge in [-0.3, -0.25) is 0 Å². The number of thioether (sulfide) groups is 1. The van der Waals surface area contributed by atoms with Crippen molar-refractivity contribution in [1.82, 2.24) is 5.32 Å². The number of rotatable bonds is 7. The summed E-state index contributed by atoms with van der Waals surface area (Å²) in [5.41, 5.74) is 1.33. The smallest absolute Gasteiger partial charge is 0.119 e. The van der Waals surface area contributed by atoms with Crippen LogP contribution < -0.4 is 10.1 Å². The molecule has 0 bridgehead atoms. The molecule has 0 saturated heterocycles. The van der Waals surface area contributed by atoms with Gasteiger partial charge in [-0.1, -0.05) is 19.1 Å². The normalized spacial score (nSPS) is 12.4. The molecule has 1 rings (SSSR count). The lowest BCUT2D eigenvalue weighted by Gasteiger charge is -2.15. The third kappa shape index (κ3) is 4.45. The topological polar surface area (TPSA) is 21.3 Å². The zero-order valence-corrected chi connectivity index (χ0v) is 11.1. The summed E-state index contributed by atoms with van der Waals surface area (Å²) < 4.78 is 5.23. The van der Waals surface area contributed by atoms with E-state index >= 15 is 0 Å². The third-order valence-electron chi connectivity index (χ3n) is 2.55. The Morgan fingerprint density at radius 3 is 2.88 bits per heavy atom. The zero-order valence-electron chi connectivity index (χ0n) is 10.3. The first kappa shape index (κ1) is 13.4. The molecule has 0 aliphatic carbocycles. The molecular formula is C13H21NOS. The maximum absolute atomic E-state index is 5.23. The Labute approximate surface area is 103 Å². The van der Waals surface area contributed by atoms with E-state index in [0.29, 0.717) is 6.04 Å². The van der Waals surface area contributed by atoms with Gasteiger partial charge < -0.3 is 10.1 Å². The predicted molar refractivity (Wildman–Crippen MR) is 72.5 cm³/mol. The van der Waals surface area contributed by atoms with Gasteiger partial charge in [-0.2, -0.15) is 11.8 Å². The molecule has 3 heteroatoms. The van der Waals surface area contributed by atoms with E-state index in [1.165, 1.54) is 11.3 Å². The molecule has 90 valence electrons. The third-order valence-corrected chi connectivity index (χ3v) is 3.59. The summed E-state index contributed by atoms with van der Waals surface area (Å²) in [5.74, 6) is 3.27. The Balaban J connectivity index is 2.55. The highest BCUT2D eigenvalue weighted by atomic mass is 32.2. The second-order valence-electron chi connectivity index (χ2n) is 3.70. The Morgan fingerprint density at radius 1 is 1.44 bits per heavy atom. The molecule has 1 aromatic carbocycles. The van der Waals surface area contributed by atoms with Gasteiger partial charge >= 0.3 is 0 Å². The van der Waals surface area contributed by atoms with Crippen molar-refractivity contribution in [3.05, 3.63) is 29.8 Å². The van der Waals surface area contributed by atoms with Gasteiger partial charge in [0, 0.05) is 11.8 Å². The SMILES string of the molecule is CCSCC(Cc1cccc(OC)c1)NC. The summed E-state index contributed by atoms with van der Waals surface area (Å²) in [6.45, 7) is 2.20. The van der Waals surface area contributed by atoms with Crippen LogP contribution in [0.4, 0.5) is 0 Å². The van der Waals surface area contributed by atoms with E-state index in [-0.39, 0.29) is 0 Å². The highest BCUT2D eigenvalue weighted by Crippen LogP contribution is 2.15. The van der Waals surface area contributed by atoms with Gasteiger partial charge in [-0.25, -0.2) is 0 Å². The molecule has 2 nitrogen and oxygen atoms in total. The van der Waals surface area contributed by atoms with Gasteiger partial charge in [0.2, 0.25) is 0 Å². The molecule has 0 spiro atoms. The molecule has 0 radical (unpaired) electrons. The van der Waals surface area contributed by atoms with Crippen LogP contribution in [0.15, 0.2) is 24.3 Å². The first-order valence-corrected chi connectivity index (χ1v) is 6.83. The van der Waals surface area contributed by atoms with Crippen molar-refractivity contribution in [1.29, 1.82) is 0 Å². The van der Waals surface area contributed by atoms with Crippen LogP contribution in [0.25, 0.3) is 0 Å². The summed E-state index contributed by atoms with van der Waals surface area (Å²) in [5, 5.41) is 3.36. The molecule has 1 atom stereocenters. The molecule has 1 unspecified atom stereocenters. The van der Waals surface area contributed by atoms with Crippen molar-refractivity contribution in [3.63, 3.8) is 0 Å². The van der Waals surface area contributed by atoms with Crippen molar-refractivity contribution in [2.45, 2.75) is 19.4 Å². The van der Waals surface area contributed by atoms with Gasteiger partial charge in [0.15, 0.2) is 0 Å². The van der Waals surface area contributed by atoms with Gasteiger partial charge in [0.25, 0.3) is 0 Å². The fourth-order valence-corrected chi connectivity index (χ4v) is 2.39. The molecule has 0 heterocycles. The van der Waals surface area contributed by atoms with Crippen molar-refractivity contribution < 1.29 is 4.74 Å². The molecule has 0 amide bonds. The quantitative estimate of drug-likeness (QED) is 0.790. The van der Waals surface area contributed by atoms with E-state index in [2.05, 4.69) is 24.4 Å². The van der Waals surface area contributed by atoms with Crippen LogP contribution in [-0.4, -0.2) is 31.7 Å².